The third-order valence-corrected chi connectivity index (χ3v) is 6.84. The van der Waals surface area contributed by atoms with Crippen LogP contribution in [-0.2, 0) is 14.3 Å². The largest absolute Gasteiger partial charge is 0.507 e. The molecule has 36 heavy (non-hydrogen) atoms. The van der Waals surface area contributed by atoms with Crippen molar-refractivity contribution in [2.45, 2.75) is 32.4 Å². The second kappa shape index (κ2) is 11.6. The highest BCUT2D eigenvalue weighted by atomic mass is 35.5. The van der Waals surface area contributed by atoms with Crippen LogP contribution < -0.4 is 4.74 Å². The Hall–Kier alpha value is -2.58. The van der Waals surface area contributed by atoms with Crippen LogP contribution in [0, 0.1) is 0 Å². The number of carbonyl (C=O) groups excluding carboxylic acids is 2. The van der Waals surface area contributed by atoms with E-state index in [9.17, 15) is 14.7 Å². The minimum atomic E-state index is -0.828. The standard InChI is InChI=1S/C27H30Cl2N2O5/c1-17(2)36-20-7-4-18(5-8-20)25(32)23-24(21-9-6-19(28)16-22(21)29)31(27(34)26(23)33)11-3-10-30-12-14-35-15-13-30/h4-9,16-17,24,32H,3,10-15H2,1-2H3/b25-23+. The Bertz CT molecular complexity index is 1140. The average molecular weight is 533 g/mol. The van der Waals surface area contributed by atoms with Crippen molar-refractivity contribution in [3.63, 3.8) is 0 Å². The van der Waals surface area contributed by atoms with Crippen LogP contribution in [0.3, 0.4) is 0 Å². The predicted molar refractivity (Wildman–Crippen MR) is 140 cm³/mol. The second-order valence-electron chi connectivity index (χ2n) is 9.16. The Labute approximate surface area is 221 Å². The van der Waals surface area contributed by atoms with Crippen molar-refractivity contribution in [3.05, 3.63) is 69.2 Å². The van der Waals surface area contributed by atoms with Crippen LogP contribution in [0.25, 0.3) is 5.76 Å². The molecule has 1 amide bonds. The molecule has 1 N–H and O–H groups in total. The van der Waals surface area contributed by atoms with Gasteiger partial charge in [0, 0.05) is 41.8 Å². The fraction of sp³-hybridized carbons (Fsp3) is 0.407. The molecule has 0 aliphatic carbocycles. The Morgan fingerprint density at radius 2 is 1.78 bits per heavy atom. The number of hydrogen-bond donors (Lipinski definition) is 1. The van der Waals surface area contributed by atoms with Gasteiger partial charge < -0.3 is 19.5 Å². The smallest absolute Gasteiger partial charge is 0.295 e. The summed E-state index contributed by atoms with van der Waals surface area (Å²) >= 11 is 12.6. The first kappa shape index (κ1) is 26.5. The van der Waals surface area contributed by atoms with Crippen molar-refractivity contribution in [1.29, 1.82) is 0 Å². The van der Waals surface area contributed by atoms with Crippen molar-refractivity contribution in [2.75, 3.05) is 39.4 Å². The molecule has 0 bridgehead atoms. The zero-order valence-electron chi connectivity index (χ0n) is 20.4. The van der Waals surface area contributed by atoms with Gasteiger partial charge in [0.25, 0.3) is 11.7 Å². The first-order valence-electron chi connectivity index (χ1n) is 12.1. The van der Waals surface area contributed by atoms with Crippen LogP contribution in [0.5, 0.6) is 5.75 Å². The molecule has 1 unspecified atom stereocenters. The Balaban J connectivity index is 1.68. The quantitative estimate of drug-likeness (QED) is 0.295. The van der Waals surface area contributed by atoms with E-state index in [2.05, 4.69) is 4.90 Å². The fourth-order valence-electron chi connectivity index (χ4n) is 4.57. The minimum absolute atomic E-state index is 0.000666. The van der Waals surface area contributed by atoms with Crippen molar-refractivity contribution in [2.24, 2.45) is 0 Å². The number of rotatable bonds is 8. The summed E-state index contributed by atoms with van der Waals surface area (Å²) in [6.07, 6.45) is 0.662. The molecule has 4 rings (SSSR count). The number of halogens is 2. The summed E-state index contributed by atoms with van der Waals surface area (Å²) in [7, 11) is 0. The summed E-state index contributed by atoms with van der Waals surface area (Å²) in [5.74, 6) is -1.01. The molecule has 2 aromatic carbocycles. The van der Waals surface area contributed by atoms with Gasteiger partial charge >= 0.3 is 0 Å². The molecular weight excluding hydrogens is 503 g/mol. The van der Waals surface area contributed by atoms with Gasteiger partial charge in [-0.1, -0.05) is 29.3 Å². The van der Waals surface area contributed by atoms with Gasteiger partial charge in [-0.15, -0.1) is 0 Å². The molecule has 1 atom stereocenters. The molecular formula is C27H30Cl2N2O5. The zero-order chi connectivity index (χ0) is 25.8. The molecule has 2 aromatic rings. The van der Waals surface area contributed by atoms with Crippen LogP contribution in [0.2, 0.25) is 10.0 Å². The van der Waals surface area contributed by atoms with Crippen LogP contribution in [0.1, 0.15) is 37.4 Å². The van der Waals surface area contributed by atoms with Gasteiger partial charge in [0.15, 0.2) is 0 Å². The number of nitrogens with zero attached hydrogens (tertiary/aromatic N) is 2. The van der Waals surface area contributed by atoms with E-state index in [4.69, 9.17) is 32.7 Å². The highest BCUT2D eigenvalue weighted by molar-refractivity contribution is 6.47. The van der Waals surface area contributed by atoms with Crippen molar-refractivity contribution in [1.82, 2.24) is 9.80 Å². The van der Waals surface area contributed by atoms with Gasteiger partial charge in [-0.2, -0.15) is 0 Å². The van der Waals surface area contributed by atoms with Gasteiger partial charge in [-0.05, 0) is 62.2 Å². The monoisotopic (exact) mass is 532 g/mol. The molecule has 0 saturated carbocycles. The van der Waals surface area contributed by atoms with E-state index in [1.54, 1.807) is 42.5 Å². The third-order valence-electron chi connectivity index (χ3n) is 6.27. The number of benzene rings is 2. The molecule has 192 valence electrons. The summed E-state index contributed by atoms with van der Waals surface area (Å²) in [5.41, 5.74) is 0.952. The summed E-state index contributed by atoms with van der Waals surface area (Å²) < 4.78 is 11.1. The van der Waals surface area contributed by atoms with Gasteiger partial charge in [-0.3, -0.25) is 14.5 Å². The number of likely N-dealkylation sites (tertiary alicyclic amines) is 1. The lowest BCUT2D eigenvalue weighted by Gasteiger charge is -2.29. The summed E-state index contributed by atoms with van der Waals surface area (Å²) in [6.45, 7) is 7.99. The molecule has 2 saturated heterocycles. The topological polar surface area (TPSA) is 79.3 Å². The molecule has 2 heterocycles. The first-order chi connectivity index (χ1) is 17.3. The van der Waals surface area contributed by atoms with Crippen LogP contribution in [0.4, 0.5) is 0 Å². The lowest BCUT2D eigenvalue weighted by atomic mass is 9.95. The van der Waals surface area contributed by atoms with E-state index in [1.807, 2.05) is 13.8 Å². The lowest BCUT2D eigenvalue weighted by molar-refractivity contribution is -0.140. The number of hydrogen-bond acceptors (Lipinski definition) is 6. The number of ether oxygens (including phenoxy) is 2. The summed E-state index contributed by atoms with van der Waals surface area (Å²) in [6, 6.07) is 10.9. The Morgan fingerprint density at radius 1 is 1.08 bits per heavy atom. The van der Waals surface area contributed by atoms with Gasteiger partial charge in [0.2, 0.25) is 0 Å². The molecule has 0 radical (unpaired) electrons. The number of Topliss-reactive ketones (excluding diaryl/α,β-unsaturated/α-hetero) is 1. The van der Waals surface area contributed by atoms with Crippen LogP contribution >= 0.6 is 23.2 Å². The fourth-order valence-corrected chi connectivity index (χ4v) is 5.08. The maximum Gasteiger partial charge on any atom is 0.295 e. The summed E-state index contributed by atoms with van der Waals surface area (Å²) in [5, 5.41) is 12.0. The molecule has 0 spiro atoms. The van der Waals surface area contributed by atoms with E-state index in [0.29, 0.717) is 53.1 Å². The normalized spacial score (nSPS) is 20.4. The van der Waals surface area contributed by atoms with Crippen molar-refractivity contribution in [3.8, 4) is 5.75 Å². The predicted octanol–water partition coefficient (Wildman–Crippen LogP) is 4.92. The zero-order valence-corrected chi connectivity index (χ0v) is 21.9. The van der Waals surface area contributed by atoms with E-state index in [1.165, 1.54) is 4.90 Å². The van der Waals surface area contributed by atoms with Crippen LogP contribution in [0.15, 0.2) is 48.0 Å². The highest BCUT2D eigenvalue weighted by Crippen LogP contribution is 2.42. The number of carbonyl (C=O) groups is 2. The SMILES string of the molecule is CC(C)Oc1ccc(/C(O)=C2\C(=O)C(=O)N(CCCN3CCOCC3)C2c2ccc(Cl)cc2Cl)cc1. The summed E-state index contributed by atoms with van der Waals surface area (Å²) in [4.78, 5) is 30.2. The molecule has 0 aromatic heterocycles. The number of morpholine rings is 1. The van der Waals surface area contributed by atoms with Gasteiger partial charge in [0.1, 0.15) is 11.5 Å². The van der Waals surface area contributed by atoms with Crippen molar-refractivity contribution < 1.29 is 24.2 Å². The molecule has 9 heteroatoms. The van der Waals surface area contributed by atoms with E-state index in [-0.39, 0.29) is 17.4 Å². The molecule has 7 nitrogen and oxygen atoms in total. The maximum absolute atomic E-state index is 13.2. The first-order valence-corrected chi connectivity index (χ1v) is 12.8. The molecule has 2 aliphatic heterocycles. The average Bonchev–Trinajstić information content (AvgIpc) is 3.09. The van der Waals surface area contributed by atoms with Gasteiger partial charge in [0.05, 0.1) is 30.9 Å². The van der Waals surface area contributed by atoms with E-state index < -0.39 is 17.7 Å². The van der Waals surface area contributed by atoms with Crippen molar-refractivity contribution >= 4 is 40.7 Å². The Morgan fingerprint density at radius 3 is 2.42 bits per heavy atom. The second-order valence-corrected chi connectivity index (χ2v) is 10.0. The molecule has 2 fully saturated rings. The minimum Gasteiger partial charge on any atom is -0.507 e. The van der Waals surface area contributed by atoms with E-state index >= 15 is 0 Å². The van der Waals surface area contributed by atoms with Gasteiger partial charge in [-0.25, -0.2) is 0 Å². The Kier molecular flexibility index (Phi) is 8.57. The number of aliphatic hydroxyl groups excluding tert-OH is 1. The lowest BCUT2D eigenvalue weighted by Crippen LogP contribution is -2.39. The number of ketones is 1. The number of aliphatic hydroxyl groups is 1. The van der Waals surface area contributed by atoms with E-state index in [0.717, 1.165) is 19.6 Å². The maximum atomic E-state index is 13.2. The molecule has 2 aliphatic rings. The third kappa shape index (κ3) is 5.86. The van der Waals surface area contributed by atoms with Crippen LogP contribution in [-0.4, -0.2) is 72.1 Å². The number of amides is 1. The highest BCUT2D eigenvalue weighted by Gasteiger charge is 2.46.